The second kappa shape index (κ2) is 9.42. The molecule has 2 aromatic carbocycles. The molecule has 2 atom stereocenters. The molecule has 4 rings (SSSR count). The van der Waals surface area contributed by atoms with Crippen molar-refractivity contribution in [1.82, 2.24) is 9.78 Å². The molecule has 2 heterocycles. The van der Waals surface area contributed by atoms with Gasteiger partial charge in [0.05, 0.1) is 28.9 Å². The summed E-state index contributed by atoms with van der Waals surface area (Å²) >= 11 is 0. The van der Waals surface area contributed by atoms with E-state index in [4.69, 9.17) is 0 Å². The number of hydrogen-bond acceptors (Lipinski definition) is 3. The number of rotatable bonds is 5. The van der Waals surface area contributed by atoms with E-state index in [2.05, 4.69) is 10.4 Å². The Morgan fingerprint density at radius 1 is 0.919 bits per heavy atom. The van der Waals surface area contributed by atoms with Gasteiger partial charge in [-0.25, -0.2) is 4.68 Å². The lowest BCUT2D eigenvalue weighted by Gasteiger charge is -2.34. The number of aryl methyl sites for hydroxylation is 1. The second-order valence-corrected chi connectivity index (χ2v) is 8.59. The fraction of sp³-hybridized carbons (Fsp3) is 0.333. The topological polar surface area (TPSA) is 46.9 Å². The molecular weight excluding hydrogens is 517 g/mol. The van der Waals surface area contributed by atoms with Crippen LogP contribution in [0.15, 0.2) is 54.7 Å². The van der Waals surface area contributed by atoms with Gasteiger partial charge in [0, 0.05) is 12.8 Å². The Kier molecular flexibility index (Phi) is 6.76. The number of benzene rings is 2. The standard InChI is InChI=1S/C24H18F9N3O/c25-22(26,27)15-8-13(9-16(10-15)23(28,29)30)6-7-19(37)17-12-34-36-20(24(31,32)33)11-18(35-21(17)36)14-4-2-1-3-5-14/h1-5,8-10,12,18,20,35H,6-7,11H2. The van der Waals surface area contributed by atoms with Gasteiger partial charge in [0.2, 0.25) is 0 Å². The summed E-state index contributed by atoms with van der Waals surface area (Å²) in [5, 5.41) is 6.60. The van der Waals surface area contributed by atoms with Crippen molar-refractivity contribution in [3.05, 3.63) is 82.5 Å². The minimum absolute atomic E-state index is 0.0234. The molecule has 0 bridgehead atoms. The summed E-state index contributed by atoms with van der Waals surface area (Å²) in [4.78, 5) is 12.9. The Labute approximate surface area is 204 Å². The van der Waals surface area contributed by atoms with Gasteiger partial charge in [0.25, 0.3) is 0 Å². The van der Waals surface area contributed by atoms with Gasteiger partial charge < -0.3 is 5.32 Å². The highest BCUT2D eigenvalue weighted by Gasteiger charge is 2.47. The quantitative estimate of drug-likeness (QED) is 0.274. The number of hydrogen-bond donors (Lipinski definition) is 1. The van der Waals surface area contributed by atoms with E-state index in [9.17, 15) is 44.3 Å². The lowest BCUT2D eigenvalue weighted by atomic mass is 9.95. The van der Waals surface area contributed by atoms with Crippen LogP contribution in [0.2, 0.25) is 0 Å². The Hall–Kier alpha value is -3.51. The molecule has 0 saturated carbocycles. The van der Waals surface area contributed by atoms with Gasteiger partial charge in [-0.15, -0.1) is 0 Å². The zero-order chi connectivity index (χ0) is 27.2. The third kappa shape index (κ3) is 5.75. The minimum Gasteiger partial charge on any atom is -0.363 e. The molecular formula is C24H18F9N3O. The highest BCUT2D eigenvalue weighted by atomic mass is 19.4. The van der Waals surface area contributed by atoms with Crippen molar-refractivity contribution in [2.24, 2.45) is 0 Å². The van der Waals surface area contributed by atoms with E-state index in [0.29, 0.717) is 22.4 Å². The van der Waals surface area contributed by atoms with Crippen molar-refractivity contribution in [3.63, 3.8) is 0 Å². The predicted octanol–water partition coefficient (Wildman–Crippen LogP) is 7.40. The fourth-order valence-electron chi connectivity index (χ4n) is 4.23. The van der Waals surface area contributed by atoms with E-state index in [-0.39, 0.29) is 23.0 Å². The lowest BCUT2D eigenvalue weighted by Crippen LogP contribution is -2.36. The van der Waals surface area contributed by atoms with Crippen molar-refractivity contribution in [2.75, 3.05) is 5.32 Å². The fourth-order valence-corrected chi connectivity index (χ4v) is 4.23. The van der Waals surface area contributed by atoms with Crippen LogP contribution in [-0.2, 0) is 18.8 Å². The molecule has 37 heavy (non-hydrogen) atoms. The van der Waals surface area contributed by atoms with Crippen LogP contribution >= 0.6 is 0 Å². The van der Waals surface area contributed by atoms with Crippen molar-refractivity contribution < 1.29 is 44.3 Å². The number of Topliss-reactive ketones (excluding diaryl/α,β-unsaturated/α-hetero) is 1. The molecule has 0 spiro atoms. The van der Waals surface area contributed by atoms with Crippen LogP contribution in [0.25, 0.3) is 0 Å². The van der Waals surface area contributed by atoms with Crippen LogP contribution in [0.5, 0.6) is 0 Å². The van der Waals surface area contributed by atoms with Crippen molar-refractivity contribution in [2.45, 2.75) is 49.9 Å². The van der Waals surface area contributed by atoms with Crippen LogP contribution in [0.3, 0.4) is 0 Å². The number of carbonyl (C=O) groups is 1. The summed E-state index contributed by atoms with van der Waals surface area (Å²) in [6.45, 7) is 0. The van der Waals surface area contributed by atoms with E-state index in [1.54, 1.807) is 30.3 Å². The Bertz CT molecular complexity index is 1250. The normalized spacial score (nSPS) is 18.3. The zero-order valence-corrected chi connectivity index (χ0v) is 18.7. The molecule has 1 aliphatic heterocycles. The number of ketones is 1. The molecule has 1 aromatic heterocycles. The molecule has 0 saturated heterocycles. The predicted molar refractivity (Wildman–Crippen MR) is 114 cm³/mol. The van der Waals surface area contributed by atoms with E-state index in [0.717, 1.165) is 6.20 Å². The number of nitrogens with one attached hydrogen (secondary N) is 1. The zero-order valence-electron chi connectivity index (χ0n) is 18.7. The van der Waals surface area contributed by atoms with Gasteiger partial charge in [-0.1, -0.05) is 30.3 Å². The van der Waals surface area contributed by atoms with Gasteiger partial charge in [-0.2, -0.15) is 44.6 Å². The van der Waals surface area contributed by atoms with Crippen LogP contribution in [0, 0.1) is 0 Å². The Morgan fingerprint density at radius 3 is 2.05 bits per heavy atom. The summed E-state index contributed by atoms with van der Waals surface area (Å²) in [6, 6.07) is 6.33. The maximum Gasteiger partial charge on any atom is 0.416 e. The Balaban J connectivity index is 1.62. The average Bonchev–Trinajstić information content (AvgIpc) is 3.24. The first kappa shape index (κ1) is 26.6. The molecule has 1 N–H and O–H groups in total. The van der Waals surface area contributed by atoms with Gasteiger partial charge in [0.1, 0.15) is 5.82 Å². The largest absolute Gasteiger partial charge is 0.416 e. The molecule has 1 aliphatic rings. The summed E-state index contributed by atoms with van der Waals surface area (Å²) in [7, 11) is 0. The molecule has 198 valence electrons. The molecule has 2 unspecified atom stereocenters. The van der Waals surface area contributed by atoms with Gasteiger partial charge in [-0.3, -0.25) is 4.79 Å². The third-order valence-corrected chi connectivity index (χ3v) is 6.03. The molecule has 0 radical (unpaired) electrons. The van der Waals surface area contributed by atoms with Crippen molar-refractivity contribution in [3.8, 4) is 0 Å². The number of aromatic nitrogens is 2. The van der Waals surface area contributed by atoms with Crippen molar-refractivity contribution >= 4 is 11.6 Å². The van der Waals surface area contributed by atoms with Gasteiger partial charge in [0.15, 0.2) is 11.8 Å². The number of carbonyl (C=O) groups excluding carboxylic acids is 1. The van der Waals surface area contributed by atoms with Crippen LogP contribution in [-0.4, -0.2) is 21.7 Å². The highest BCUT2D eigenvalue weighted by molar-refractivity contribution is 6.00. The van der Waals surface area contributed by atoms with E-state index in [1.807, 2.05) is 0 Å². The molecule has 0 fully saturated rings. The first-order chi connectivity index (χ1) is 17.1. The minimum atomic E-state index is -5.05. The van der Waals surface area contributed by atoms with Crippen LogP contribution in [0.4, 0.5) is 45.3 Å². The van der Waals surface area contributed by atoms with E-state index in [1.165, 1.54) is 0 Å². The number of halogens is 9. The third-order valence-electron chi connectivity index (χ3n) is 6.03. The SMILES string of the molecule is O=C(CCc1cc(C(F)(F)F)cc(C(F)(F)F)c1)c1cnn2c1NC(c1ccccc1)CC2C(F)(F)F. The summed E-state index contributed by atoms with van der Waals surface area (Å²) in [6.07, 6.45) is -15.3. The number of fused-ring (bicyclic) bond motifs is 1. The summed E-state index contributed by atoms with van der Waals surface area (Å²) < 4.78 is 121. The number of alkyl halides is 9. The summed E-state index contributed by atoms with van der Waals surface area (Å²) in [5.74, 6) is -0.998. The molecule has 0 aliphatic carbocycles. The Morgan fingerprint density at radius 2 is 1.51 bits per heavy atom. The maximum absolute atomic E-state index is 13.8. The smallest absolute Gasteiger partial charge is 0.363 e. The second-order valence-electron chi connectivity index (χ2n) is 8.59. The molecule has 4 nitrogen and oxygen atoms in total. The lowest BCUT2D eigenvalue weighted by molar-refractivity contribution is -0.173. The number of anilines is 1. The van der Waals surface area contributed by atoms with Crippen molar-refractivity contribution in [1.29, 1.82) is 0 Å². The maximum atomic E-state index is 13.8. The molecule has 13 heteroatoms. The first-order valence-electron chi connectivity index (χ1n) is 10.9. The molecule has 3 aromatic rings. The van der Waals surface area contributed by atoms with Gasteiger partial charge in [-0.05, 0) is 35.7 Å². The highest BCUT2D eigenvalue weighted by Crippen LogP contribution is 2.44. The first-order valence-corrected chi connectivity index (χ1v) is 10.9. The number of nitrogens with zero attached hydrogens (tertiary/aromatic N) is 2. The molecule has 0 amide bonds. The monoisotopic (exact) mass is 535 g/mol. The average molecular weight is 535 g/mol. The van der Waals surface area contributed by atoms with Crippen LogP contribution < -0.4 is 5.32 Å². The van der Waals surface area contributed by atoms with E-state index >= 15 is 0 Å². The van der Waals surface area contributed by atoms with E-state index < -0.39 is 66.8 Å². The van der Waals surface area contributed by atoms with Gasteiger partial charge >= 0.3 is 18.5 Å². The summed E-state index contributed by atoms with van der Waals surface area (Å²) in [5.41, 5.74) is -3.13. The van der Waals surface area contributed by atoms with Crippen LogP contribution in [0.1, 0.15) is 57.5 Å².